The number of anilines is 1. The van der Waals surface area contributed by atoms with Gasteiger partial charge < -0.3 is 10.2 Å². The summed E-state index contributed by atoms with van der Waals surface area (Å²) in [6, 6.07) is 7.36. The van der Waals surface area contributed by atoms with E-state index in [0.29, 0.717) is 6.04 Å². The lowest BCUT2D eigenvalue weighted by atomic mass is 10.0. The number of hydrogen-bond acceptors (Lipinski definition) is 4. The first-order valence-corrected chi connectivity index (χ1v) is 6.93. The van der Waals surface area contributed by atoms with Crippen LogP contribution in [-0.4, -0.2) is 30.6 Å². The highest BCUT2D eigenvalue weighted by atomic mass is 16.6. The molecule has 1 aliphatic rings. The normalized spacial score (nSPS) is 19.1. The van der Waals surface area contributed by atoms with E-state index in [-0.39, 0.29) is 10.6 Å². The molecular weight excluding hydrogens is 242 g/mol. The third-order valence-electron chi connectivity index (χ3n) is 3.66. The van der Waals surface area contributed by atoms with E-state index in [0.717, 1.165) is 25.3 Å². The number of rotatable bonds is 5. The molecule has 2 rings (SSSR count). The number of hydrogen-bond donors (Lipinski definition) is 1. The number of likely N-dealkylation sites (N-methyl/N-ethyl adjacent to an activating group) is 1. The molecule has 1 unspecified atom stereocenters. The van der Waals surface area contributed by atoms with Gasteiger partial charge in [-0.3, -0.25) is 10.1 Å². The van der Waals surface area contributed by atoms with E-state index < -0.39 is 0 Å². The second-order valence-electron chi connectivity index (χ2n) is 4.96. The average molecular weight is 263 g/mol. The number of nitrogens with one attached hydrogen (secondary N) is 1. The second-order valence-corrected chi connectivity index (χ2v) is 4.96. The molecule has 0 spiro atoms. The predicted molar refractivity (Wildman–Crippen MR) is 76.6 cm³/mol. The first kappa shape index (κ1) is 13.8. The van der Waals surface area contributed by atoms with Gasteiger partial charge in [0.2, 0.25) is 0 Å². The van der Waals surface area contributed by atoms with E-state index >= 15 is 0 Å². The molecule has 0 aliphatic carbocycles. The van der Waals surface area contributed by atoms with Crippen LogP contribution < -0.4 is 10.2 Å². The maximum absolute atomic E-state index is 10.7. The largest absolute Gasteiger partial charge is 0.370 e. The van der Waals surface area contributed by atoms with Crippen molar-refractivity contribution in [2.75, 3.05) is 24.5 Å². The number of benzene rings is 1. The van der Waals surface area contributed by atoms with Gasteiger partial charge in [-0.15, -0.1) is 0 Å². The highest BCUT2D eigenvalue weighted by Crippen LogP contribution is 2.20. The Bertz CT molecular complexity index is 413. The maximum atomic E-state index is 10.7. The van der Waals surface area contributed by atoms with E-state index in [2.05, 4.69) is 17.1 Å². The zero-order valence-corrected chi connectivity index (χ0v) is 11.3. The monoisotopic (exact) mass is 263 g/mol. The Hall–Kier alpha value is -1.62. The highest BCUT2D eigenvalue weighted by molar-refractivity contribution is 5.50. The average Bonchev–Trinajstić information content (AvgIpc) is 2.46. The van der Waals surface area contributed by atoms with Gasteiger partial charge in [0, 0.05) is 37.0 Å². The molecule has 1 N–H and O–H groups in total. The lowest BCUT2D eigenvalue weighted by Gasteiger charge is -2.31. The van der Waals surface area contributed by atoms with Gasteiger partial charge in [0.1, 0.15) is 0 Å². The maximum Gasteiger partial charge on any atom is 0.269 e. The number of non-ortho nitro benzene ring substituents is 1. The fraction of sp³-hybridized carbons (Fsp3) is 0.571. The molecule has 1 aliphatic heterocycles. The Labute approximate surface area is 113 Å². The number of nitro benzene ring substituents is 1. The molecule has 1 heterocycles. The minimum atomic E-state index is -0.358. The molecule has 1 aromatic rings. The minimum Gasteiger partial charge on any atom is -0.370 e. The van der Waals surface area contributed by atoms with Crippen LogP contribution in [0.4, 0.5) is 11.4 Å². The molecular formula is C14H21N3O2. The summed E-state index contributed by atoms with van der Waals surface area (Å²) in [5, 5.41) is 14.2. The molecule has 1 aromatic carbocycles. The summed E-state index contributed by atoms with van der Waals surface area (Å²) in [5.74, 6) is 0. The van der Waals surface area contributed by atoms with Crippen LogP contribution in [0.3, 0.4) is 0 Å². The molecule has 104 valence electrons. The van der Waals surface area contributed by atoms with Crippen LogP contribution in [0.1, 0.15) is 26.2 Å². The Morgan fingerprint density at radius 1 is 1.37 bits per heavy atom. The van der Waals surface area contributed by atoms with Crippen molar-refractivity contribution in [3.63, 3.8) is 0 Å². The van der Waals surface area contributed by atoms with Gasteiger partial charge in [0.15, 0.2) is 0 Å². The van der Waals surface area contributed by atoms with Gasteiger partial charge in [0.25, 0.3) is 5.69 Å². The molecule has 0 saturated carbocycles. The number of piperidine rings is 1. The van der Waals surface area contributed by atoms with E-state index in [9.17, 15) is 10.1 Å². The molecule has 5 heteroatoms. The second kappa shape index (κ2) is 6.52. The van der Waals surface area contributed by atoms with Crippen LogP contribution in [0.2, 0.25) is 0 Å². The number of nitrogens with zero attached hydrogens (tertiary/aromatic N) is 2. The van der Waals surface area contributed by atoms with Crippen LogP contribution in [0, 0.1) is 10.1 Å². The summed E-state index contributed by atoms with van der Waals surface area (Å²) >= 11 is 0. The smallest absolute Gasteiger partial charge is 0.269 e. The fourth-order valence-electron chi connectivity index (χ4n) is 2.55. The van der Waals surface area contributed by atoms with Crippen molar-refractivity contribution in [3.8, 4) is 0 Å². The van der Waals surface area contributed by atoms with Crippen LogP contribution in [0.15, 0.2) is 24.3 Å². The summed E-state index contributed by atoms with van der Waals surface area (Å²) in [5.41, 5.74) is 1.20. The Morgan fingerprint density at radius 2 is 2.11 bits per heavy atom. The Morgan fingerprint density at radius 3 is 2.63 bits per heavy atom. The summed E-state index contributed by atoms with van der Waals surface area (Å²) in [6.07, 6.45) is 3.76. The van der Waals surface area contributed by atoms with Gasteiger partial charge in [-0.2, -0.15) is 0 Å². The summed E-state index contributed by atoms with van der Waals surface area (Å²) < 4.78 is 0. The molecule has 5 nitrogen and oxygen atoms in total. The summed E-state index contributed by atoms with van der Waals surface area (Å²) in [6.45, 7) is 5.09. The van der Waals surface area contributed by atoms with E-state index in [1.807, 2.05) is 12.1 Å². The molecule has 0 amide bonds. The topological polar surface area (TPSA) is 58.4 Å². The third-order valence-corrected chi connectivity index (χ3v) is 3.66. The highest BCUT2D eigenvalue weighted by Gasteiger charge is 2.16. The van der Waals surface area contributed by atoms with Crippen molar-refractivity contribution in [3.05, 3.63) is 34.4 Å². The van der Waals surface area contributed by atoms with Crippen molar-refractivity contribution < 1.29 is 4.92 Å². The van der Waals surface area contributed by atoms with Crippen LogP contribution in [0.5, 0.6) is 0 Å². The standard InChI is InChI=1S/C14H21N3O2/c1-2-16(11-12-5-3-4-10-15-12)13-6-8-14(9-7-13)17(18)19/h6-9,12,15H,2-5,10-11H2,1H3. The molecule has 0 bridgehead atoms. The van der Waals surface area contributed by atoms with E-state index in [4.69, 9.17) is 0 Å². The lowest BCUT2D eigenvalue weighted by molar-refractivity contribution is -0.384. The molecule has 0 radical (unpaired) electrons. The summed E-state index contributed by atoms with van der Waals surface area (Å²) in [7, 11) is 0. The fourth-order valence-corrected chi connectivity index (χ4v) is 2.55. The SMILES string of the molecule is CCN(CC1CCCCN1)c1ccc([N+](=O)[O-])cc1. The predicted octanol–water partition coefficient (Wildman–Crippen LogP) is 2.56. The quantitative estimate of drug-likeness (QED) is 0.655. The van der Waals surface area contributed by atoms with E-state index in [1.54, 1.807) is 12.1 Å². The van der Waals surface area contributed by atoms with Gasteiger partial charge in [0.05, 0.1) is 4.92 Å². The van der Waals surface area contributed by atoms with Crippen molar-refractivity contribution >= 4 is 11.4 Å². The Kier molecular flexibility index (Phi) is 4.74. The zero-order valence-electron chi connectivity index (χ0n) is 11.3. The molecule has 19 heavy (non-hydrogen) atoms. The van der Waals surface area contributed by atoms with Crippen molar-refractivity contribution in [1.82, 2.24) is 5.32 Å². The van der Waals surface area contributed by atoms with Crippen molar-refractivity contribution in [2.24, 2.45) is 0 Å². The van der Waals surface area contributed by atoms with Crippen molar-refractivity contribution in [1.29, 1.82) is 0 Å². The van der Waals surface area contributed by atoms with Gasteiger partial charge >= 0.3 is 0 Å². The van der Waals surface area contributed by atoms with Gasteiger partial charge in [-0.1, -0.05) is 6.42 Å². The third kappa shape index (κ3) is 3.67. The lowest BCUT2D eigenvalue weighted by Crippen LogP contribution is -2.43. The first-order chi connectivity index (χ1) is 9.20. The summed E-state index contributed by atoms with van der Waals surface area (Å²) in [4.78, 5) is 12.6. The van der Waals surface area contributed by atoms with Crippen molar-refractivity contribution in [2.45, 2.75) is 32.2 Å². The van der Waals surface area contributed by atoms with Gasteiger partial charge in [-0.25, -0.2) is 0 Å². The van der Waals surface area contributed by atoms with Gasteiger partial charge in [-0.05, 0) is 38.4 Å². The van der Waals surface area contributed by atoms with Crippen LogP contribution >= 0.6 is 0 Å². The zero-order chi connectivity index (χ0) is 13.7. The van der Waals surface area contributed by atoms with Crippen LogP contribution in [-0.2, 0) is 0 Å². The molecule has 1 fully saturated rings. The molecule has 0 aromatic heterocycles. The van der Waals surface area contributed by atoms with Crippen LogP contribution in [0.25, 0.3) is 0 Å². The van der Waals surface area contributed by atoms with E-state index in [1.165, 1.54) is 19.3 Å². The number of nitro groups is 1. The first-order valence-electron chi connectivity index (χ1n) is 6.93. The minimum absolute atomic E-state index is 0.149. The Balaban J connectivity index is 2.01. The molecule has 1 atom stereocenters. The molecule has 1 saturated heterocycles.